The van der Waals surface area contributed by atoms with Gasteiger partial charge in [-0.15, -0.1) is 0 Å². The number of hydrogen-bond donors (Lipinski definition) is 5. The van der Waals surface area contributed by atoms with Gasteiger partial charge in [0.25, 0.3) is 0 Å². The van der Waals surface area contributed by atoms with Crippen molar-refractivity contribution in [2.75, 3.05) is 6.61 Å². The van der Waals surface area contributed by atoms with Crippen molar-refractivity contribution in [2.45, 2.75) is 24.4 Å². The zero-order valence-corrected chi connectivity index (χ0v) is 14.3. The van der Waals surface area contributed by atoms with Crippen molar-refractivity contribution in [1.82, 2.24) is 0 Å². The second kappa shape index (κ2) is 13.9. The first-order chi connectivity index (χ1) is 5.54. The van der Waals surface area contributed by atoms with Crippen molar-refractivity contribution in [3.63, 3.8) is 0 Å². The monoisotopic (exact) mass is 342 g/mol. The van der Waals surface area contributed by atoms with Gasteiger partial charge in [-0.2, -0.15) is 0 Å². The van der Waals surface area contributed by atoms with E-state index < -0.39 is 31.0 Å². The molecular formula is C6H14CaFeO6Zn. The summed E-state index contributed by atoms with van der Waals surface area (Å²) in [5.74, 6) is 0. The zero-order valence-electron chi connectivity index (χ0n) is 10.0. The summed E-state index contributed by atoms with van der Waals surface area (Å²) < 4.78 is 0. The fourth-order valence-corrected chi connectivity index (χ4v) is 0.618. The first kappa shape index (κ1) is 25.7. The van der Waals surface area contributed by atoms with Crippen molar-refractivity contribution in [1.29, 1.82) is 0 Å². The normalized spacial score (nSPS) is 16.9. The van der Waals surface area contributed by atoms with Gasteiger partial charge in [0.15, 0.2) is 6.29 Å². The van der Waals surface area contributed by atoms with Crippen molar-refractivity contribution in [3.8, 4) is 0 Å². The smallest absolute Gasteiger partial charge is 1.00 e. The Morgan fingerprint density at radius 1 is 1.13 bits per heavy atom. The van der Waals surface area contributed by atoms with Crippen molar-refractivity contribution < 1.29 is 69.7 Å². The van der Waals surface area contributed by atoms with E-state index in [-0.39, 0.29) is 83.4 Å². The Morgan fingerprint density at radius 3 is 1.80 bits per heavy atom. The molecule has 0 aromatic heterocycles. The van der Waals surface area contributed by atoms with Crippen LogP contribution in [0.5, 0.6) is 0 Å². The molecule has 0 spiro atoms. The summed E-state index contributed by atoms with van der Waals surface area (Å²) in [5.41, 5.74) is 0. The SMILES string of the molecule is O=CC(O)C(O)C(O)C(O)CO.[Ca+2].[Fe].[H-].[H-].[Zn]. The maximum Gasteiger partial charge on any atom is 2.00 e. The van der Waals surface area contributed by atoms with Gasteiger partial charge in [0, 0.05) is 36.5 Å². The molecule has 0 aliphatic heterocycles. The Balaban J connectivity index is -0.0000000605. The van der Waals surface area contributed by atoms with E-state index in [1.165, 1.54) is 0 Å². The summed E-state index contributed by atoms with van der Waals surface area (Å²) >= 11 is 0. The molecule has 0 bridgehead atoms. The van der Waals surface area contributed by atoms with E-state index in [2.05, 4.69) is 0 Å². The molecule has 0 aliphatic rings. The van der Waals surface area contributed by atoms with Gasteiger partial charge in [0.2, 0.25) is 0 Å². The summed E-state index contributed by atoms with van der Waals surface area (Å²) in [5, 5.41) is 43.5. The quantitative estimate of drug-likeness (QED) is 0.261. The van der Waals surface area contributed by atoms with E-state index in [1.54, 1.807) is 0 Å². The molecule has 9 heteroatoms. The van der Waals surface area contributed by atoms with Crippen LogP contribution in [0.3, 0.4) is 0 Å². The van der Waals surface area contributed by atoms with Crippen LogP contribution in [-0.2, 0) is 41.3 Å². The fraction of sp³-hybridized carbons (Fsp3) is 0.833. The molecule has 6 nitrogen and oxygen atoms in total. The molecule has 0 saturated carbocycles. The van der Waals surface area contributed by atoms with Crippen LogP contribution in [0, 0.1) is 0 Å². The minimum Gasteiger partial charge on any atom is -1.00 e. The van der Waals surface area contributed by atoms with Crippen LogP contribution in [-0.4, -0.2) is 101 Å². The van der Waals surface area contributed by atoms with Gasteiger partial charge in [0.05, 0.1) is 6.61 Å². The summed E-state index contributed by atoms with van der Waals surface area (Å²) in [6, 6.07) is 0. The van der Waals surface area contributed by atoms with Crippen LogP contribution in [0.15, 0.2) is 0 Å². The molecule has 0 rings (SSSR count). The van der Waals surface area contributed by atoms with Crippen molar-refractivity contribution in [2.24, 2.45) is 0 Å². The number of aliphatic hydroxyl groups is 5. The third kappa shape index (κ3) is 9.56. The first-order valence-electron chi connectivity index (χ1n) is 3.33. The van der Waals surface area contributed by atoms with Gasteiger partial charge >= 0.3 is 37.7 Å². The molecule has 0 aliphatic carbocycles. The molecule has 0 radical (unpaired) electrons. The summed E-state index contributed by atoms with van der Waals surface area (Å²) in [4.78, 5) is 9.90. The van der Waals surface area contributed by atoms with Crippen molar-refractivity contribution >= 4 is 44.0 Å². The molecule has 4 atom stereocenters. The van der Waals surface area contributed by atoms with Crippen LogP contribution < -0.4 is 0 Å². The van der Waals surface area contributed by atoms with Crippen LogP contribution in [0.1, 0.15) is 2.85 Å². The summed E-state index contributed by atoms with van der Waals surface area (Å²) in [6.07, 6.45) is -6.84. The first-order valence-corrected chi connectivity index (χ1v) is 3.33. The van der Waals surface area contributed by atoms with Gasteiger partial charge in [-0.05, 0) is 0 Å². The Hall–Kier alpha value is 1.87. The van der Waals surface area contributed by atoms with E-state index >= 15 is 0 Å². The second-order valence-electron chi connectivity index (χ2n) is 2.36. The van der Waals surface area contributed by atoms with E-state index in [1.807, 2.05) is 0 Å². The van der Waals surface area contributed by atoms with Crippen LogP contribution in [0.25, 0.3) is 0 Å². The molecule has 15 heavy (non-hydrogen) atoms. The molecular weight excluding hydrogens is 329 g/mol. The van der Waals surface area contributed by atoms with Gasteiger partial charge < -0.3 is 33.2 Å². The van der Waals surface area contributed by atoms with Gasteiger partial charge in [0.1, 0.15) is 24.4 Å². The third-order valence-corrected chi connectivity index (χ3v) is 1.42. The van der Waals surface area contributed by atoms with E-state index in [0.29, 0.717) is 0 Å². The molecule has 0 heterocycles. The predicted octanol–water partition coefficient (Wildman–Crippen LogP) is -3.54. The minimum absolute atomic E-state index is 0. The van der Waals surface area contributed by atoms with E-state index in [4.69, 9.17) is 25.5 Å². The molecule has 0 aromatic rings. The zero-order chi connectivity index (χ0) is 9.72. The fourth-order valence-electron chi connectivity index (χ4n) is 0.618. The molecule has 5 N–H and O–H groups in total. The molecule has 0 saturated heterocycles. The number of carbonyl (C=O) groups is 1. The number of carbonyl (C=O) groups excluding carboxylic acids is 1. The standard InChI is InChI=1S/C6H12O6.Ca.Fe.Zn.2H/c7-1-3(9)5(11)6(12)4(10)2-8;;;;;/h1,3-6,8-12H,2H2;;;;;/q;+2;;;2*-1. The Kier molecular flexibility index (Phi) is 23.8. The Morgan fingerprint density at radius 2 is 1.53 bits per heavy atom. The third-order valence-electron chi connectivity index (χ3n) is 1.42. The average molecular weight is 343 g/mol. The maximum absolute atomic E-state index is 9.90. The number of aldehydes is 1. The largest absolute Gasteiger partial charge is 2.00 e. The van der Waals surface area contributed by atoms with Gasteiger partial charge in [-0.1, -0.05) is 0 Å². The Bertz CT molecular complexity index is 162. The van der Waals surface area contributed by atoms with Crippen LogP contribution >= 0.6 is 0 Å². The van der Waals surface area contributed by atoms with Gasteiger partial charge in [-0.3, -0.25) is 0 Å². The van der Waals surface area contributed by atoms with E-state index in [9.17, 15) is 4.79 Å². The van der Waals surface area contributed by atoms with E-state index in [0.717, 1.165) is 0 Å². The minimum atomic E-state index is -1.79. The number of aliphatic hydroxyl groups excluding tert-OH is 5. The second-order valence-corrected chi connectivity index (χ2v) is 2.36. The van der Waals surface area contributed by atoms with Crippen LogP contribution in [0.4, 0.5) is 0 Å². The van der Waals surface area contributed by atoms with Crippen LogP contribution in [0.2, 0.25) is 0 Å². The maximum atomic E-state index is 9.90. The van der Waals surface area contributed by atoms with Crippen molar-refractivity contribution in [3.05, 3.63) is 0 Å². The average Bonchev–Trinajstić information content (AvgIpc) is 2.12. The molecule has 0 aromatic carbocycles. The summed E-state index contributed by atoms with van der Waals surface area (Å²) in [6.45, 7) is -0.760. The Labute approximate surface area is 143 Å². The summed E-state index contributed by atoms with van der Waals surface area (Å²) in [7, 11) is 0. The molecule has 0 fully saturated rings. The molecule has 4 unspecified atom stereocenters. The number of rotatable bonds is 5. The molecule has 86 valence electrons. The molecule has 0 amide bonds. The predicted molar refractivity (Wildman–Crippen MR) is 45.2 cm³/mol. The van der Waals surface area contributed by atoms with Gasteiger partial charge in [-0.25, -0.2) is 0 Å². The number of hydrogen-bond acceptors (Lipinski definition) is 6. The topological polar surface area (TPSA) is 118 Å².